The Balaban J connectivity index is 3.61. The van der Waals surface area contributed by atoms with Crippen molar-refractivity contribution in [2.24, 2.45) is 0 Å². The zero-order chi connectivity index (χ0) is 8.20. The monoisotopic (exact) mass is 238 g/mol. The van der Waals surface area contributed by atoms with Gasteiger partial charge in [-0.05, 0) is 0 Å². The van der Waals surface area contributed by atoms with Gasteiger partial charge in [0.1, 0.15) is 4.71 Å². The lowest BCUT2D eigenvalue weighted by Crippen LogP contribution is -2.15. The average molecular weight is 240 g/mol. The molecule has 0 amide bonds. The third-order valence-electron chi connectivity index (χ3n) is 0.618. The molecule has 0 rings (SSSR count). The van der Waals surface area contributed by atoms with Gasteiger partial charge in [-0.15, -0.1) is 29.9 Å². The Morgan fingerprint density at radius 1 is 1.50 bits per heavy atom. The Labute approximate surface area is 84.8 Å². The van der Waals surface area contributed by atoms with E-state index in [0.717, 1.165) is 0 Å². The van der Waals surface area contributed by atoms with Gasteiger partial charge in [0.15, 0.2) is 0 Å². The second-order valence-electron chi connectivity index (χ2n) is 1.48. The van der Waals surface area contributed by atoms with Gasteiger partial charge >= 0.3 is 0 Å². The van der Waals surface area contributed by atoms with Crippen molar-refractivity contribution in [2.75, 3.05) is 5.75 Å². The summed E-state index contributed by atoms with van der Waals surface area (Å²) < 4.78 is -1.91. The lowest BCUT2D eigenvalue weighted by atomic mass is 10.8. The van der Waals surface area contributed by atoms with E-state index in [2.05, 4.69) is 6.58 Å². The van der Waals surface area contributed by atoms with E-state index in [9.17, 15) is 0 Å². The molecule has 0 radical (unpaired) electrons. The Bertz CT molecular complexity index is 109. The van der Waals surface area contributed by atoms with Gasteiger partial charge in [-0.3, -0.25) is 0 Å². The molecule has 0 bridgehead atoms. The van der Waals surface area contributed by atoms with E-state index in [1.807, 2.05) is 0 Å². The zero-order valence-electron chi connectivity index (χ0n) is 4.99. The molecule has 0 spiro atoms. The van der Waals surface area contributed by atoms with E-state index >= 15 is 0 Å². The fraction of sp³-hybridized carbons (Fsp3) is 0.600. The van der Waals surface area contributed by atoms with Crippen LogP contribution < -0.4 is 0 Å². The van der Waals surface area contributed by atoms with Crippen LogP contribution in [0.3, 0.4) is 0 Å². The van der Waals surface area contributed by atoms with Crippen LogP contribution in [0.2, 0.25) is 0 Å². The summed E-state index contributed by atoms with van der Waals surface area (Å²) in [6, 6.07) is 0. The summed E-state index contributed by atoms with van der Waals surface area (Å²) >= 11 is 23.4. The highest BCUT2D eigenvalue weighted by Gasteiger charge is 2.30. The maximum Gasteiger partial charge on any atom is 0.215 e. The standard InChI is InChI=1S/C5H6Cl4S/c1-2-3-10-4(6)5(7,8)9/h2,4H,1,3H2. The van der Waals surface area contributed by atoms with Crippen molar-refractivity contribution in [3.8, 4) is 0 Å². The van der Waals surface area contributed by atoms with E-state index < -0.39 is 8.50 Å². The first-order chi connectivity index (χ1) is 4.48. The molecule has 0 heterocycles. The molecule has 0 saturated heterocycles. The minimum absolute atomic E-state index is 0.518. The predicted molar refractivity (Wildman–Crippen MR) is 52.6 cm³/mol. The van der Waals surface area contributed by atoms with E-state index in [4.69, 9.17) is 46.4 Å². The third kappa shape index (κ3) is 4.97. The average Bonchev–Trinajstić information content (AvgIpc) is 1.80. The Hall–Kier alpha value is 1.25. The Kier molecular flexibility index (Phi) is 5.62. The summed E-state index contributed by atoms with van der Waals surface area (Å²) in [5, 5.41) is 0. The van der Waals surface area contributed by atoms with Gasteiger partial charge in [0, 0.05) is 5.75 Å². The van der Waals surface area contributed by atoms with Crippen molar-refractivity contribution in [1.29, 1.82) is 0 Å². The molecule has 0 aromatic rings. The molecular weight excluding hydrogens is 234 g/mol. The van der Waals surface area contributed by atoms with Crippen LogP contribution in [0.4, 0.5) is 0 Å². The molecule has 0 aliphatic heterocycles. The van der Waals surface area contributed by atoms with Gasteiger partial charge < -0.3 is 0 Å². The highest BCUT2D eigenvalue weighted by molar-refractivity contribution is 8.01. The number of hydrogen-bond donors (Lipinski definition) is 0. The van der Waals surface area contributed by atoms with Gasteiger partial charge in [0.05, 0.1) is 0 Å². The zero-order valence-corrected chi connectivity index (χ0v) is 8.83. The SMILES string of the molecule is C=CCSC(Cl)C(Cl)(Cl)Cl. The van der Waals surface area contributed by atoms with Crippen LogP contribution in [-0.2, 0) is 0 Å². The smallest absolute Gasteiger partial charge is 0.134 e. The number of halogens is 4. The van der Waals surface area contributed by atoms with E-state index in [0.29, 0.717) is 5.75 Å². The molecular formula is C5H6Cl4S. The molecule has 0 aliphatic rings. The van der Waals surface area contributed by atoms with E-state index in [1.54, 1.807) is 6.08 Å². The van der Waals surface area contributed by atoms with Gasteiger partial charge in [-0.1, -0.05) is 40.9 Å². The lowest BCUT2D eigenvalue weighted by molar-refractivity contribution is 1.20. The van der Waals surface area contributed by atoms with E-state index in [1.165, 1.54) is 11.8 Å². The molecule has 10 heavy (non-hydrogen) atoms. The van der Waals surface area contributed by atoms with Crippen LogP contribution in [-0.4, -0.2) is 14.3 Å². The lowest BCUT2D eigenvalue weighted by Gasteiger charge is -2.15. The highest BCUT2D eigenvalue weighted by Crippen LogP contribution is 2.39. The summed E-state index contributed by atoms with van der Waals surface area (Å²) in [4.78, 5) is 0. The topological polar surface area (TPSA) is 0 Å². The predicted octanol–water partition coefficient (Wildman–Crippen LogP) is 3.84. The summed E-state index contributed by atoms with van der Waals surface area (Å²) in [5.74, 6) is 0.683. The summed E-state index contributed by atoms with van der Waals surface area (Å²) in [7, 11) is 0. The first-order valence-corrected chi connectivity index (χ1v) is 5.03. The van der Waals surface area contributed by atoms with Crippen LogP contribution in [0.25, 0.3) is 0 Å². The molecule has 0 aromatic carbocycles. The van der Waals surface area contributed by atoms with Crippen molar-refractivity contribution in [1.82, 2.24) is 0 Å². The summed E-state index contributed by atoms with van der Waals surface area (Å²) in [6.45, 7) is 3.51. The molecule has 0 aromatic heterocycles. The number of rotatable bonds is 3. The molecule has 0 nitrogen and oxygen atoms in total. The number of hydrogen-bond acceptors (Lipinski definition) is 1. The summed E-state index contributed by atoms with van der Waals surface area (Å²) in [6.07, 6.45) is 1.70. The van der Waals surface area contributed by atoms with Crippen LogP contribution in [0.5, 0.6) is 0 Å². The maximum atomic E-state index is 5.66. The highest BCUT2D eigenvalue weighted by atomic mass is 35.6. The van der Waals surface area contributed by atoms with Crippen molar-refractivity contribution in [2.45, 2.75) is 8.50 Å². The number of thioether (sulfide) groups is 1. The molecule has 60 valence electrons. The minimum atomic E-state index is -1.39. The van der Waals surface area contributed by atoms with Gasteiger partial charge in [0.25, 0.3) is 0 Å². The maximum absolute atomic E-state index is 5.66. The Morgan fingerprint density at radius 2 is 2.00 bits per heavy atom. The molecule has 1 unspecified atom stereocenters. The second kappa shape index (κ2) is 5.00. The van der Waals surface area contributed by atoms with Crippen molar-refractivity contribution in [3.63, 3.8) is 0 Å². The van der Waals surface area contributed by atoms with Crippen LogP contribution in [0.1, 0.15) is 0 Å². The molecule has 0 fully saturated rings. The quantitative estimate of drug-likeness (QED) is 0.533. The van der Waals surface area contributed by atoms with Crippen LogP contribution >= 0.6 is 58.2 Å². The Morgan fingerprint density at radius 3 is 2.30 bits per heavy atom. The largest absolute Gasteiger partial charge is 0.215 e. The van der Waals surface area contributed by atoms with Crippen LogP contribution in [0, 0.1) is 0 Å². The fourth-order valence-electron chi connectivity index (χ4n) is 0.247. The first-order valence-electron chi connectivity index (χ1n) is 2.41. The van der Waals surface area contributed by atoms with Gasteiger partial charge in [-0.25, -0.2) is 0 Å². The van der Waals surface area contributed by atoms with Gasteiger partial charge in [0.2, 0.25) is 3.79 Å². The van der Waals surface area contributed by atoms with Gasteiger partial charge in [-0.2, -0.15) is 0 Å². The summed E-state index contributed by atoms with van der Waals surface area (Å²) in [5.41, 5.74) is 0. The third-order valence-corrected chi connectivity index (χ3v) is 3.78. The molecule has 0 N–H and O–H groups in total. The number of alkyl halides is 4. The second-order valence-corrected chi connectivity index (χ2v) is 5.68. The fourth-order valence-corrected chi connectivity index (χ4v) is 1.53. The first kappa shape index (κ1) is 11.2. The van der Waals surface area contributed by atoms with E-state index in [-0.39, 0.29) is 0 Å². The molecule has 0 saturated carbocycles. The normalized spacial score (nSPS) is 14.8. The molecule has 0 aliphatic carbocycles. The van der Waals surface area contributed by atoms with Crippen LogP contribution in [0.15, 0.2) is 12.7 Å². The van der Waals surface area contributed by atoms with Crippen molar-refractivity contribution < 1.29 is 0 Å². The van der Waals surface area contributed by atoms with Crippen molar-refractivity contribution in [3.05, 3.63) is 12.7 Å². The molecule has 5 heteroatoms. The minimum Gasteiger partial charge on any atom is -0.134 e. The van der Waals surface area contributed by atoms with Crippen molar-refractivity contribution >= 4 is 58.2 Å². The molecule has 1 atom stereocenters.